The smallest absolute Gasteiger partial charge is 0.332 e. The van der Waals surface area contributed by atoms with Crippen molar-refractivity contribution in [2.24, 2.45) is 0 Å². The summed E-state index contributed by atoms with van der Waals surface area (Å²) >= 11 is 0. The highest BCUT2D eigenvalue weighted by Gasteiger charge is 2.21. The van der Waals surface area contributed by atoms with Gasteiger partial charge in [-0.15, -0.1) is 0 Å². The Morgan fingerprint density at radius 3 is 2.00 bits per heavy atom. The molecule has 0 aromatic rings. The number of aliphatic hydroxyl groups is 3. The molecule has 0 bridgehead atoms. The van der Waals surface area contributed by atoms with Crippen LogP contribution >= 0.6 is 0 Å². The predicted molar refractivity (Wildman–Crippen MR) is 81.7 cm³/mol. The highest BCUT2D eigenvalue weighted by Crippen LogP contribution is 2.04. The van der Waals surface area contributed by atoms with Gasteiger partial charge in [0.15, 0.2) is 0 Å². The van der Waals surface area contributed by atoms with Gasteiger partial charge < -0.3 is 34.3 Å². The van der Waals surface area contributed by atoms with Gasteiger partial charge in [-0.1, -0.05) is 13.2 Å². The number of hydrogen-bond acceptors (Lipinski definition) is 9. The molecule has 0 radical (unpaired) electrons. The van der Waals surface area contributed by atoms with Crippen LogP contribution in [-0.4, -0.2) is 78.3 Å². The lowest BCUT2D eigenvalue weighted by molar-refractivity contribution is -0.204. The van der Waals surface area contributed by atoms with Crippen molar-refractivity contribution in [3.05, 3.63) is 25.3 Å². The molecule has 0 saturated carbocycles. The Morgan fingerprint density at radius 1 is 0.958 bits per heavy atom. The molecule has 3 N–H and O–H groups in total. The Balaban J connectivity index is 3.96. The molecule has 0 aliphatic rings. The topological polar surface area (TPSA) is 132 Å². The zero-order valence-electron chi connectivity index (χ0n) is 13.5. The summed E-state index contributed by atoms with van der Waals surface area (Å²) in [5.41, 5.74) is 0. The minimum Gasteiger partial charge on any atom is -0.460 e. The Labute approximate surface area is 140 Å². The number of carbonyl (C=O) groups is 2. The van der Waals surface area contributed by atoms with E-state index in [1.54, 1.807) is 0 Å². The summed E-state index contributed by atoms with van der Waals surface area (Å²) in [6, 6.07) is 0. The molecule has 4 unspecified atom stereocenters. The van der Waals surface area contributed by atoms with E-state index in [0.29, 0.717) is 0 Å². The summed E-state index contributed by atoms with van der Waals surface area (Å²) in [6.45, 7) is 6.87. The molecule has 24 heavy (non-hydrogen) atoms. The van der Waals surface area contributed by atoms with Gasteiger partial charge in [-0.3, -0.25) is 0 Å². The standard InChI is InChI=1S/C15H24O9/c1-4-13(19)22-8-11(17)6-21-7-12(18)9-23-15(10(3)16)24-14(20)5-2/h4-5,10-12,15-18H,1-2,6-9H2,3H3. The number of esters is 2. The Morgan fingerprint density at radius 2 is 1.50 bits per heavy atom. The average molecular weight is 348 g/mol. The first-order chi connectivity index (χ1) is 11.3. The fraction of sp³-hybridized carbons (Fsp3) is 0.600. The molecule has 0 heterocycles. The quantitative estimate of drug-likeness (QED) is 0.216. The van der Waals surface area contributed by atoms with E-state index < -0.39 is 36.5 Å². The summed E-state index contributed by atoms with van der Waals surface area (Å²) in [7, 11) is 0. The van der Waals surface area contributed by atoms with E-state index >= 15 is 0 Å². The number of ether oxygens (including phenoxy) is 4. The van der Waals surface area contributed by atoms with Crippen LogP contribution in [0.3, 0.4) is 0 Å². The van der Waals surface area contributed by atoms with Crippen molar-refractivity contribution in [3.63, 3.8) is 0 Å². The Hall–Kier alpha value is -1.78. The maximum Gasteiger partial charge on any atom is 0.332 e. The molecule has 0 fully saturated rings. The van der Waals surface area contributed by atoms with E-state index in [4.69, 9.17) is 14.2 Å². The second-order valence-corrected chi connectivity index (χ2v) is 4.76. The summed E-state index contributed by atoms with van der Waals surface area (Å²) in [5, 5.41) is 28.6. The molecule has 0 rings (SSSR count). The van der Waals surface area contributed by atoms with Gasteiger partial charge in [-0.05, 0) is 6.92 Å². The van der Waals surface area contributed by atoms with E-state index in [1.165, 1.54) is 6.92 Å². The van der Waals surface area contributed by atoms with Gasteiger partial charge in [-0.25, -0.2) is 9.59 Å². The molecular weight excluding hydrogens is 324 g/mol. The first-order valence-electron chi connectivity index (χ1n) is 7.15. The molecule has 138 valence electrons. The van der Waals surface area contributed by atoms with Gasteiger partial charge in [0.2, 0.25) is 6.29 Å². The lowest BCUT2D eigenvalue weighted by Gasteiger charge is -2.22. The number of hydrogen-bond donors (Lipinski definition) is 3. The highest BCUT2D eigenvalue weighted by atomic mass is 16.7. The zero-order chi connectivity index (χ0) is 18.5. The van der Waals surface area contributed by atoms with E-state index in [1.807, 2.05) is 0 Å². The van der Waals surface area contributed by atoms with Crippen LogP contribution in [-0.2, 0) is 28.5 Å². The van der Waals surface area contributed by atoms with Crippen LogP contribution in [0.1, 0.15) is 6.92 Å². The second-order valence-electron chi connectivity index (χ2n) is 4.76. The minimum absolute atomic E-state index is 0.174. The van der Waals surface area contributed by atoms with E-state index in [0.717, 1.165) is 12.2 Å². The summed E-state index contributed by atoms with van der Waals surface area (Å²) in [6.07, 6.45) is -2.62. The van der Waals surface area contributed by atoms with E-state index in [-0.39, 0.29) is 26.4 Å². The van der Waals surface area contributed by atoms with Crippen molar-refractivity contribution in [1.29, 1.82) is 0 Å². The number of aliphatic hydroxyl groups excluding tert-OH is 3. The molecule has 9 nitrogen and oxygen atoms in total. The lowest BCUT2D eigenvalue weighted by Crippen LogP contribution is -2.35. The fourth-order valence-electron chi connectivity index (χ4n) is 1.31. The second kappa shape index (κ2) is 12.6. The van der Waals surface area contributed by atoms with Crippen molar-refractivity contribution >= 4 is 11.9 Å². The zero-order valence-corrected chi connectivity index (χ0v) is 13.5. The molecule has 9 heteroatoms. The van der Waals surface area contributed by atoms with Gasteiger partial charge in [0.05, 0.1) is 19.8 Å². The van der Waals surface area contributed by atoms with Crippen LogP contribution < -0.4 is 0 Å². The predicted octanol–water partition coefficient (Wildman–Crippen LogP) is -1.09. The van der Waals surface area contributed by atoms with Gasteiger partial charge in [0.1, 0.15) is 24.9 Å². The highest BCUT2D eigenvalue weighted by molar-refractivity contribution is 5.81. The molecule has 0 aliphatic heterocycles. The van der Waals surface area contributed by atoms with E-state index in [2.05, 4.69) is 17.9 Å². The maximum atomic E-state index is 11.1. The summed E-state index contributed by atoms with van der Waals surface area (Å²) in [4.78, 5) is 21.9. The largest absolute Gasteiger partial charge is 0.460 e. The van der Waals surface area contributed by atoms with Crippen LogP contribution in [0.5, 0.6) is 0 Å². The third kappa shape index (κ3) is 10.9. The fourth-order valence-corrected chi connectivity index (χ4v) is 1.31. The lowest BCUT2D eigenvalue weighted by atomic mass is 10.3. The molecule has 4 atom stereocenters. The molecule has 0 aromatic heterocycles. The Kier molecular flexibility index (Phi) is 11.7. The van der Waals surface area contributed by atoms with Gasteiger partial charge in [0, 0.05) is 12.2 Å². The first-order valence-corrected chi connectivity index (χ1v) is 7.15. The van der Waals surface area contributed by atoms with Crippen LogP contribution in [0.25, 0.3) is 0 Å². The summed E-state index contributed by atoms with van der Waals surface area (Å²) in [5.74, 6) is -1.44. The monoisotopic (exact) mass is 348 g/mol. The van der Waals surface area contributed by atoms with Crippen LogP contribution in [0.2, 0.25) is 0 Å². The van der Waals surface area contributed by atoms with Gasteiger partial charge in [-0.2, -0.15) is 0 Å². The summed E-state index contributed by atoms with van der Waals surface area (Å²) < 4.78 is 19.5. The maximum absolute atomic E-state index is 11.1. The van der Waals surface area contributed by atoms with Crippen molar-refractivity contribution in [1.82, 2.24) is 0 Å². The number of rotatable bonds is 13. The first kappa shape index (κ1) is 22.2. The molecular formula is C15H24O9. The molecule has 0 amide bonds. The van der Waals surface area contributed by atoms with Crippen LogP contribution in [0, 0.1) is 0 Å². The van der Waals surface area contributed by atoms with Gasteiger partial charge in [0.25, 0.3) is 0 Å². The molecule has 0 spiro atoms. The Bertz CT molecular complexity index is 408. The van der Waals surface area contributed by atoms with Crippen LogP contribution in [0.4, 0.5) is 0 Å². The van der Waals surface area contributed by atoms with Crippen LogP contribution in [0.15, 0.2) is 25.3 Å². The van der Waals surface area contributed by atoms with Crippen molar-refractivity contribution in [3.8, 4) is 0 Å². The minimum atomic E-state index is -1.26. The van der Waals surface area contributed by atoms with E-state index in [9.17, 15) is 24.9 Å². The van der Waals surface area contributed by atoms with Gasteiger partial charge >= 0.3 is 11.9 Å². The SMILES string of the molecule is C=CC(=O)OCC(O)COCC(O)COC(OC(=O)C=C)C(C)O. The molecule has 0 aromatic carbocycles. The number of carbonyl (C=O) groups excluding carboxylic acids is 2. The van der Waals surface area contributed by atoms with Crippen molar-refractivity contribution in [2.75, 3.05) is 26.4 Å². The third-order valence-corrected chi connectivity index (χ3v) is 2.45. The molecule has 0 saturated heterocycles. The van der Waals surface area contributed by atoms with Crippen molar-refractivity contribution in [2.45, 2.75) is 31.5 Å². The third-order valence-electron chi connectivity index (χ3n) is 2.45. The molecule has 0 aliphatic carbocycles. The van der Waals surface area contributed by atoms with Crippen molar-refractivity contribution < 1.29 is 43.9 Å². The normalized spacial score (nSPS) is 15.7. The average Bonchev–Trinajstić information content (AvgIpc) is 2.55.